The Morgan fingerprint density at radius 1 is 1.36 bits per heavy atom. The molecule has 6 heteroatoms. The van der Waals surface area contributed by atoms with E-state index in [1.807, 2.05) is 25.1 Å². The van der Waals surface area contributed by atoms with Crippen molar-refractivity contribution in [3.05, 3.63) is 60.2 Å². The van der Waals surface area contributed by atoms with Crippen LogP contribution in [0.1, 0.15) is 18.9 Å². The van der Waals surface area contributed by atoms with Crippen LogP contribution in [0, 0.1) is 5.82 Å². The fraction of sp³-hybridized carbons (Fsp3) is 0.368. The smallest absolute Gasteiger partial charge is 0.320 e. The Morgan fingerprint density at radius 3 is 2.88 bits per heavy atom. The van der Waals surface area contributed by atoms with Crippen molar-refractivity contribution in [2.24, 2.45) is 0 Å². The number of rotatable bonds is 5. The van der Waals surface area contributed by atoms with Crippen LogP contribution in [0.2, 0.25) is 0 Å². The second-order valence-electron chi connectivity index (χ2n) is 6.23. The molecule has 5 nitrogen and oxygen atoms in total. The largest absolute Gasteiger partial charge is 0.322 e. The summed E-state index contributed by atoms with van der Waals surface area (Å²) in [7, 11) is 0. The third-order valence-corrected chi connectivity index (χ3v) is 4.55. The van der Waals surface area contributed by atoms with E-state index in [-0.39, 0.29) is 17.8 Å². The van der Waals surface area contributed by atoms with E-state index in [1.165, 1.54) is 17.8 Å². The number of nitrogens with zero attached hydrogens (tertiary/aromatic N) is 3. The van der Waals surface area contributed by atoms with Crippen molar-refractivity contribution in [2.75, 3.05) is 25.0 Å². The molecule has 0 aliphatic carbocycles. The van der Waals surface area contributed by atoms with Gasteiger partial charge >= 0.3 is 6.03 Å². The van der Waals surface area contributed by atoms with Crippen LogP contribution < -0.4 is 5.32 Å². The van der Waals surface area contributed by atoms with Crippen LogP contribution in [-0.4, -0.2) is 46.5 Å². The molecule has 1 aromatic heterocycles. The van der Waals surface area contributed by atoms with Gasteiger partial charge in [-0.15, -0.1) is 0 Å². The Bertz CT molecular complexity index is 710. The number of pyridine rings is 1. The summed E-state index contributed by atoms with van der Waals surface area (Å²) in [6.07, 6.45) is 3.49. The van der Waals surface area contributed by atoms with Crippen LogP contribution in [0.5, 0.6) is 0 Å². The number of halogens is 1. The number of carbonyl (C=O) groups excluding carboxylic acids is 1. The molecular weight excluding hydrogens is 319 g/mol. The SMILES string of the molecule is CCN(C(=O)Nc1ccncc1F)[C@@H]1CCN(Cc2ccccc2)C1. The fourth-order valence-corrected chi connectivity index (χ4v) is 3.28. The van der Waals surface area contributed by atoms with Gasteiger partial charge < -0.3 is 10.2 Å². The molecule has 0 bridgehead atoms. The third kappa shape index (κ3) is 4.33. The van der Waals surface area contributed by atoms with Gasteiger partial charge in [0.25, 0.3) is 0 Å². The Morgan fingerprint density at radius 2 is 2.16 bits per heavy atom. The third-order valence-electron chi connectivity index (χ3n) is 4.55. The lowest BCUT2D eigenvalue weighted by atomic mass is 10.2. The molecule has 2 heterocycles. The highest BCUT2D eigenvalue weighted by atomic mass is 19.1. The minimum atomic E-state index is -0.524. The highest BCUT2D eigenvalue weighted by molar-refractivity contribution is 5.89. The molecule has 1 aromatic carbocycles. The van der Waals surface area contributed by atoms with Gasteiger partial charge in [-0.1, -0.05) is 30.3 Å². The maximum atomic E-state index is 13.7. The topological polar surface area (TPSA) is 48.5 Å². The van der Waals surface area contributed by atoms with Crippen LogP contribution in [0.15, 0.2) is 48.8 Å². The number of amides is 2. The molecule has 0 radical (unpaired) electrons. The van der Waals surface area contributed by atoms with Crippen molar-refractivity contribution in [2.45, 2.75) is 25.9 Å². The number of benzene rings is 1. The predicted molar refractivity (Wildman–Crippen MR) is 95.7 cm³/mol. The number of anilines is 1. The monoisotopic (exact) mass is 342 g/mol. The molecule has 0 spiro atoms. The van der Waals surface area contributed by atoms with Crippen LogP contribution in [-0.2, 0) is 6.54 Å². The van der Waals surface area contributed by atoms with Crippen molar-refractivity contribution in [3.63, 3.8) is 0 Å². The first-order valence-electron chi connectivity index (χ1n) is 8.60. The zero-order valence-corrected chi connectivity index (χ0v) is 14.4. The summed E-state index contributed by atoms with van der Waals surface area (Å²) in [6, 6.07) is 11.7. The number of aromatic nitrogens is 1. The molecule has 2 amide bonds. The lowest BCUT2D eigenvalue weighted by Gasteiger charge is -2.28. The summed E-state index contributed by atoms with van der Waals surface area (Å²) in [4.78, 5) is 20.4. The number of nitrogens with one attached hydrogen (secondary N) is 1. The number of likely N-dealkylation sites (tertiary alicyclic amines) is 1. The molecule has 1 N–H and O–H groups in total. The summed E-state index contributed by atoms with van der Waals surface area (Å²) in [6.45, 7) is 5.20. The Balaban J connectivity index is 1.59. The van der Waals surface area contributed by atoms with Crippen molar-refractivity contribution in [3.8, 4) is 0 Å². The highest BCUT2D eigenvalue weighted by Crippen LogP contribution is 2.20. The van der Waals surface area contributed by atoms with Crippen LogP contribution >= 0.6 is 0 Å². The lowest BCUT2D eigenvalue weighted by Crippen LogP contribution is -2.44. The van der Waals surface area contributed by atoms with Crippen molar-refractivity contribution < 1.29 is 9.18 Å². The van der Waals surface area contributed by atoms with Gasteiger partial charge in [-0.2, -0.15) is 0 Å². The molecule has 1 aliphatic heterocycles. The van der Waals surface area contributed by atoms with Gasteiger partial charge in [0.2, 0.25) is 0 Å². The van der Waals surface area contributed by atoms with E-state index in [4.69, 9.17) is 0 Å². The van der Waals surface area contributed by atoms with E-state index in [0.29, 0.717) is 6.54 Å². The van der Waals surface area contributed by atoms with Crippen LogP contribution in [0.25, 0.3) is 0 Å². The van der Waals surface area contributed by atoms with Gasteiger partial charge in [0.15, 0.2) is 5.82 Å². The highest BCUT2D eigenvalue weighted by Gasteiger charge is 2.30. The summed E-state index contributed by atoms with van der Waals surface area (Å²) >= 11 is 0. The van der Waals surface area contributed by atoms with Crippen molar-refractivity contribution in [1.82, 2.24) is 14.8 Å². The first kappa shape index (κ1) is 17.4. The minimum Gasteiger partial charge on any atom is -0.320 e. The normalized spacial score (nSPS) is 17.4. The molecule has 2 aromatic rings. The van der Waals surface area contributed by atoms with Crippen molar-refractivity contribution in [1.29, 1.82) is 0 Å². The van der Waals surface area contributed by atoms with E-state index in [2.05, 4.69) is 27.3 Å². The first-order valence-corrected chi connectivity index (χ1v) is 8.60. The van der Waals surface area contributed by atoms with Crippen LogP contribution in [0.3, 0.4) is 0 Å². The average Bonchev–Trinajstić information content (AvgIpc) is 3.06. The second-order valence-corrected chi connectivity index (χ2v) is 6.23. The molecule has 1 aliphatic rings. The number of urea groups is 1. The number of likely N-dealkylation sites (N-methyl/N-ethyl adjacent to an activating group) is 1. The van der Waals surface area contributed by atoms with Gasteiger partial charge in [0.05, 0.1) is 11.9 Å². The van der Waals surface area contributed by atoms with Gasteiger partial charge in [0, 0.05) is 38.4 Å². The molecule has 1 fully saturated rings. The maximum absolute atomic E-state index is 13.7. The minimum absolute atomic E-state index is 0.138. The average molecular weight is 342 g/mol. The zero-order valence-electron chi connectivity index (χ0n) is 14.4. The van der Waals surface area contributed by atoms with Gasteiger partial charge in [0.1, 0.15) is 0 Å². The van der Waals surface area contributed by atoms with E-state index >= 15 is 0 Å². The van der Waals surface area contributed by atoms with Gasteiger partial charge in [-0.25, -0.2) is 9.18 Å². The second kappa shape index (κ2) is 8.07. The van der Waals surface area contributed by atoms with Crippen molar-refractivity contribution >= 4 is 11.7 Å². The molecule has 0 saturated carbocycles. The standard InChI is InChI=1S/C19H23FN4O/c1-2-24(19(25)22-18-8-10-21-12-17(18)20)16-9-11-23(14-16)13-15-6-4-3-5-7-15/h3-8,10,12,16H,2,9,11,13-14H2,1H3,(H,21,22,25)/t16-/m1/s1. The summed E-state index contributed by atoms with van der Waals surface area (Å²) < 4.78 is 13.7. The molecular formula is C19H23FN4O. The first-order chi connectivity index (χ1) is 12.2. The Labute approximate surface area is 147 Å². The van der Waals surface area contributed by atoms with Gasteiger partial charge in [-0.05, 0) is 25.0 Å². The summed E-state index contributed by atoms with van der Waals surface area (Å²) in [5.74, 6) is -0.524. The molecule has 132 valence electrons. The molecule has 0 unspecified atom stereocenters. The number of carbonyl (C=O) groups is 1. The predicted octanol–water partition coefficient (Wildman–Crippen LogP) is 3.35. The summed E-state index contributed by atoms with van der Waals surface area (Å²) in [5, 5.41) is 2.66. The maximum Gasteiger partial charge on any atom is 0.322 e. The molecule has 25 heavy (non-hydrogen) atoms. The summed E-state index contributed by atoms with van der Waals surface area (Å²) in [5.41, 5.74) is 1.44. The molecule has 1 atom stereocenters. The Kier molecular flexibility index (Phi) is 5.60. The van der Waals surface area contributed by atoms with E-state index in [1.54, 1.807) is 4.90 Å². The van der Waals surface area contributed by atoms with Crippen LogP contribution in [0.4, 0.5) is 14.9 Å². The number of hydrogen-bond donors (Lipinski definition) is 1. The van der Waals surface area contributed by atoms with E-state index in [0.717, 1.165) is 32.3 Å². The molecule has 3 rings (SSSR count). The zero-order chi connectivity index (χ0) is 17.6. The number of hydrogen-bond acceptors (Lipinski definition) is 3. The Hall–Kier alpha value is -2.47. The van der Waals surface area contributed by atoms with E-state index < -0.39 is 5.82 Å². The van der Waals surface area contributed by atoms with E-state index in [9.17, 15) is 9.18 Å². The van der Waals surface area contributed by atoms with Gasteiger partial charge in [-0.3, -0.25) is 9.88 Å². The quantitative estimate of drug-likeness (QED) is 0.906. The molecule has 1 saturated heterocycles. The lowest BCUT2D eigenvalue weighted by molar-refractivity contribution is 0.189. The fourth-order valence-electron chi connectivity index (χ4n) is 3.28.